The van der Waals surface area contributed by atoms with Crippen molar-refractivity contribution in [2.24, 2.45) is 0 Å². The second-order valence-corrected chi connectivity index (χ2v) is 2.52. The van der Waals surface area contributed by atoms with Crippen LogP contribution in [0.5, 0.6) is 0 Å². The number of nitrogens with zero attached hydrogens (tertiary/aromatic N) is 1. The van der Waals surface area contributed by atoms with Gasteiger partial charge in [-0.05, 0) is 25.7 Å². The normalized spacial score (nSPS) is 14.9. The zero-order chi connectivity index (χ0) is 9.40. The van der Waals surface area contributed by atoms with E-state index in [9.17, 15) is 0 Å². The van der Waals surface area contributed by atoms with Gasteiger partial charge in [0.2, 0.25) is 0 Å². The Kier molecular flexibility index (Phi) is 17.4. The summed E-state index contributed by atoms with van der Waals surface area (Å²) in [5.74, 6) is 0. The standard InChI is InChI=1S/C7H12O.CH3.Ag.HNO3/c8-7-5-3-1-2-4-6-7;;;2-1(3)4/h1-2,7-8H,3-6H2;1H3;;(H,2,3,4)/q;-1;+1;. The first-order chi connectivity index (χ1) is 5.63. The first-order valence-electron chi connectivity index (χ1n) is 3.79. The zero-order valence-corrected chi connectivity index (χ0v) is 9.50. The smallest absolute Gasteiger partial charge is 0.393 e. The number of hydrogen-bond acceptors (Lipinski definition) is 3. The van der Waals surface area contributed by atoms with E-state index in [1.807, 2.05) is 0 Å². The molecule has 0 atom stereocenters. The van der Waals surface area contributed by atoms with Crippen LogP contribution in [0, 0.1) is 17.5 Å². The van der Waals surface area contributed by atoms with Gasteiger partial charge in [0.15, 0.2) is 0 Å². The van der Waals surface area contributed by atoms with Gasteiger partial charge in [0, 0.05) is 0 Å². The molecule has 0 heterocycles. The van der Waals surface area contributed by atoms with Gasteiger partial charge in [-0.3, -0.25) is 0 Å². The molecule has 2 N–H and O–H groups in total. The van der Waals surface area contributed by atoms with E-state index >= 15 is 0 Å². The molecule has 0 aromatic heterocycles. The molecule has 0 saturated heterocycles. The van der Waals surface area contributed by atoms with Crippen LogP contribution < -0.4 is 0 Å². The Bertz CT molecular complexity index is 149. The first kappa shape index (κ1) is 19.2. The topological polar surface area (TPSA) is 83.6 Å². The minimum atomic E-state index is -1.50. The minimum Gasteiger partial charge on any atom is -0.393 e. The van der Waals surface area contributed by atoms with E-state index < -0.39 is 5.09 Å². The van der Waals surface area contributed by atoms with Crippen molar-refractivity contribution in [3.63, 3.8) is 0 Å². The average Bonchev–Trinajstić information content (AvgIpc) is 2.14. The van der Waals surface area contributed by atoms with Gasteiger partial charge in [-0.25, -0.2) is 0 Å². The quantitative estimate of drug-likeness (QED) is 0.234. The second kappa shape index (κ2) is 12.6. The molecule has 0 bridgehead atoms. The maximum atomic E-state index is 9.05. The molecule has 6 heteroatoms. The van der Waals surface area contributed by atoms with Crippen molar-refractivity contribution in [3.05, 3.63) is 29.7 Å². The molecule has 88 valence electrons. The second-order valence-electron chi connectivity index (χ2n) is 2.52. The molecule has 0 amide bonds. The molecular formula is C8H16AgNO4. The maximum Gasteiger partial charge on any atom is 1.00 e. The number of aliphatic hydroxyl groups excluding tert-OH is 1. The molecule has 0 unspecified atom stereocenters. The fourth-order valence-corrected chi connectivity index (χ4v) is 0.957. The van der Waals surface area contributed by atoms with Crippen LogP contribution in [0.1, 0.15) is 25.7 Å². The van der Waals surface area contributed by atoms with Crippen molar-refractivity contribution >= 4 is 0 Å². The van der Waals surface area contributed by atoms with Gasteiger partial charge in [-0.1, -0.05) is 12.2 Å². The summed E-state index contributed by atoms with van der Waals surface area (Å²) in [6.07, 6.45) is 8.28. The summed E-state index contributed by atoms with van der Waals surface area (Å²) in [4.78, 5) is 8.36. The van der Waals surface area contributed by atoms with Crippen LogP contribution in [0.15, 0.2) is 12.2 Å². The average molecular weight is 298 g/mol. The number of allylic oxidation sites excluding steroid dienone is 2. The third-order valence-electron chi connectivity index (χ3n) is 1.50. The van der Waals surface area contributed by atoms with Crippen LogP contribution in [-0.2, 0) is 22.4 Å². The third kappa shape index (κ3) is 17.7. The van der Waals surface area contributed by atoms with Crippen LogP contribution in [0.25, 0.3) is 0 Å². The molecular weight excluding hydrogens is 282 g/mol. The molecule has 1 aliphatic carbocycles. The van der Waals surface area contributed by atoms with Gasteiger partial charge in [0.1, 0.15) is 0 Å². The molecule has 14 heavy (non-hydrogen) atoms. The SMILES string of the molecule is O=[N+]([O-])O.OC1CCC=CCC1.[Ag+].[CH3-]. The molecule has 0 aromatic carbocycles. The van der Waals surface area contributed by atoms with Gasteiger partial charge in [0.05, 0.1) is 6.10 Å². The molecule has 0 aromatic rings. The van der Waals surface area contributed by atoms with E-state index in [4.69, 9.17) is 20.4 Å². The van der Waals surface area contributed by atoms with Crippen molar-refractivity contribution in [1.82, 2.24) is 0 Å². The summed E-state index contributed by atoms with van der Waals surface area (Å²) < 4.78 is 0. The Hall–Kier alpha value is -0.360. The predicted octanol–water partition coefficient (Wildman–Crippen LogP) is 1.58. The molecule has 0 saturated carbocycles. The van der Waals surface area contributed by atoms with Crippen LogP contribution in [0.2, 0.25) is 0 Å². The summed E-state index contributed by atoms with van der Waals surface area (Å²) in [5, 5.41) is 22.7. The van der Waals surface area contributed by atoms with Gasteiger partial charge >= 0.3 is 22.4 Å². The Balaban J connectivity index is -0.000000180. The number of aliphatic hydroxyl groups is 1. The summed E-state index contributed by atoms with van der Waals surface area (Å²) in [6, 6.07) is 0. The van der Waals surface area contributed by atoms with Crippen molar-refractivity contribution in [2.75, 3.05) is 0 Å². The molecule has 0 aliphatic heterocycles. The fraction of sp³-hybridized carbons (Fsp3) is 0.625. The Morgan fingerprint density at radius 1 is 1.29 bits per heavy atom. The van der Waals surface area contributed by atoms with Gasteiger partial charge in [-0.2, -0.15) is 0 Å². The van der Waals surface area contributed by atoms with E-state index in [-0.39, 0.29) is 35.9 Å². The number of hydrogen-bond donors (Lipinski definition) is 2. The van der Waals surface area contributed by atoms with Crippen molar-refractivity contribution in [3.8, 4) is 0 Å². The summed E-state index contributed by atoms with van der Waals surface area (Å²) in [7, 11) is 0. The van der Waals surface area contributed by atoms with E-state index in [2.05, 4.69) is 12.2 Å². The molecule has 1 aliphatic rings. The van der Waals surface area contributed by atoms with Crippen molar-refractivity contribution in [1.29, 1.82) is 0 Å². The van der Waals surface area contributed by atoms with E-state index in [0.29, 0.717) is 0 Å². The van der Waals surface area contributed by atoms with E-state index in [1.165, 1.54) is 0 Å². The van der Waals surface area contributed by atoms with E-state index in [1.54, 1.807) is 0 Å². The molecule has 1 rings (SSSR count). The van der Waals surface area contributed by atoms with Crippen molar-refractivity contribution in [2.45, 2.75) is 31.8 Å². The van der Waals surface area contributed by atoms with Crippen LogP contribution in [-0.4, -0.2) is 21.5 Å². The zero-order valence-electron chi connectivity index (χ0n) is 8.02. The third-order valence-corrected chi connectivity index (χ3v) is 1.50. The van der Waals surface area contributed by atoms with Crippen LogP contribution in [0.3, 0.4) is 0 Å². The monoisotopic (exact) mass is 297 g/mol. The first-order valence-corrected chi connectivity index (χ1v) is 3.79. The van der Waals surface area contributed by atoms with Gasteiger partial charge < -0.3 is 17.7 Å². The van der Waals surface area contributed by atoms with E-state index in [0.717, 1.165) is 25.7 Å². The summed E-state index contributed by atoms with van der Waals surface area (Å²) in [6.45, 7) is 0. The van der Waals surface area contributed by atoms with Crippen molar-refractivity contribution < 1.29 is 37.8 Å². The van der Waals surface area contributed by atoms with Crippen LogP contribution in [0.4, 0.5) is 0 Å². The van der Waals surface area contributed by atoms with Crippen LogP contribution >= 0.6 is 0 Å². The summed E-state index contributed by atoms with van der Waals surface area (Å²) >= 11 is 0. The van der Waals surface area contributed by atoms with Gasteiger partial charge in [-0.15, -0.1) is 10.1 Å². The summed E-state index contributed by atoms with van der Waals surface area (Å²) in [5.41, 5.74) is 0. The molecule has 0 radical (unpaired) electrons. The molecule has 0 spiro atoms. The minimum absolute atomic E-state index is 0. The Morgan fingerprint density at radius 3 is 1.86 bits per heavy atom. The maximum absolute atomic E-state index is 9.05. The van der Waals surface area contributed by atoms with Gasteiger partial charge in [0.25, 0.3) is 5.09 Å². The molecule has 0 fully saturated rings. The Labute approximate surface area is 99.4 Å². The number of rotatable bonds is 0. The molecule has 5 nitrogen and oxygen atoms in total. The fourth-order valence-electron chi connectivity index (χ4n) is 0.957. The predicted molar refractivity (Wildman–Crippen MR) is 48.8 cm³/mol. The Morgan fingerprint density at radius 2 is 1.57 bits per heavy atom. The largest absolute Gasteiger partial charge is 1.00 e.